The van der Waals surface area contributed by atoms with E-state index in [4.69, 9.17) is 16.3 Å². The molecular formula is C11H7BrClNO. The number of nitrogens with zero attached hydrogens (tertiary/aromatic N) is 1. The third kappa shape index (κ3) is 2.49. The van der Waals surface area contributed by atoms with Gasteiger partial charge in [-0.25, -0.2) is 4.98 Å². The van der Waals surface area contributed by atoms with Gasteiger partial charge in [-0.15, -0.1) is 0 Å². The van der Waals surface area contributed by atoms with Crippen LogP contribution in [0, 0.1) is 0 Å². The molecule has 4 heteroatoms. The Kier molecular flexibility index (Phi) is 3.23. The zero-order valence-electron chi connectivity index (χ0n) is 7.65. The quantitative estimate of drug-likeness (QED) is 0.821. The van der Waals surface area contributed by atoms with Crippen molar-refractivity contribution in [3.63, 3.8) is 0 Å². The largest absolute Gasteiger partial charge is 0.436 e. The van der Waals surface area contributed by atoms with Gasteiger partial charge in [0.1, 0.15) is 0 Å². The van der Waals surface area contributed by atoms with Gasteiger partial charge in [-0.2, -0.15) is 0 Å². The van der Waals surface area contributed by atoms with Crippen molar-refractivity contribution in [2.24, 2.45) is 0 Å². The summed E-state index contributed by atoms with van der Waals surface area (Å²) in [4.78, 5) is 4.05. The lowest BCUT2D eigenvalue weighted by Crippen LogP contribution is -1.88. The molecule has 2 nitrogen and oxygen atoms in total. The van der Waals surface area contributed by atoms with E-state index in [1.54, 1.807) is 18.3 Å². The van der Waals surface area contributed by atoms with Crippen LogP contribution in [0.1, 0.15) is 0 Å². The molecule has 0 aliphatic heterocycles. The van der Waals surface area contributed by atoms with Crippen molar-refractivity contribution in [1.82, 2.24) is 4.98 Å². The molecule has 1 heterocycles. The second-order valence-electron chi connectivity index (χ2n) is 2.82. The highest BCUT2D eigenvalue weighted by atomic mass is 79.9. The number of aromatic nitrogens is 1. The fourth-order valence-corrected chi connectivity index (χ4v) is 1.87. The fourth-order valence-electron chi connectivity index (χ4n) is 1.09. The van der Waals surface area contributed by atoms with Crippen molar-refractivity contribution in [3.05, 3.63) is 52.1 Å². The van der Waals surface area contributed by atoms with Crippen molar-refractivity contribution in [1.29, 1.82) is 0 Å². The minimum Gasteiger partial charge on any atom is -0.436 e. The minimum atomic E-state index is 0.520. The molecule has 0 bridgehead atoms. The van der Waals surface area contributed by atoms with E-state index in [-0.39, 0.29) is 0 Å². The lowest BCUT2D eigenvalue weighted by atomic mass is 10.3. The molecule has 0 amide bonds. The van der Waals surface area contributed by atoms with Crippen molar-refractivity contribution in [3.8, 4) is 11.6 Å². The number of rotatable bonds is 2. The maximum Gasteiger partial charge on any atom is 0.219 e. The third-order valence-corrected chi connectivity index (χ3v) is 2.69. The van der Waals surface area contributed by atoms with Crippen LogP contribution in [-0.4, -0.2) is 4.98 Å². The predicted octanol–water partition coefficient (Wildman–Crippen LogP) is 4.29. The first-order valence-electron chi connectivity index (χ1n) is 4.30. The van der Waals surface area contributed by atoms with Crippen LogP contribution in [0.25, 0.3) is 0 Å². The lowest BCUT2D eigenvalue weighted by molar-refractivity contribution is 0.460. The van der Waals surface area contributed by atoms with Crippen molar-refractivity contribution in [2.45, 2.75) is 0 Å². The van der Waals surface area contributed by atoms with Gasteiger partial charge in [0.2, 0.25) is 5.88 Å². The first kappa shape index (κ1) is 10.5. The Bertz CT molecular complexity index is 441. The van der Waals surface area contributed by atoms with E-state index in [1.165, 1.54) is 0 Å². The predicted molar refractivity (Wildman–Crippen MR) is 63.5 cm³/mol. The summed E-state index contributed by atoms with van der Waals surface area (Å²) in [5, 5.41) is 0.551. The molecule has 0 spiro atoms. The van der Waals surface area contributed by atoms with Gasteiger partial charge < -0.3 is 4.74 Å². The summed E-state index contributed by atoms with van der Waals surface area (Å²) < 4.78 is 6.36. The molecule has 0 saturated heterocycles. The van der Waals surface area contributed by atoms with Crippen molar-refractivity contribution in [2.75, 3.05) is 0 Å². The molecule has 0 unspecified atom stereocenters. The summed E-state index contributed by atoms with van der Waals surface area (Å²) in [6.45, 7) is 0. The Morgan fingerprint density at radius 1 is 1.13 bits per heavy atom. The molecule has 0 fully saturated rings. The molecule has 1 aromatic heterocycles. The Hall–Kier alpha value is -1.06. The molecule has 15 heavy (non-hydrogen) atoms. The summed E-state index contributed by atoms with van der Waals surface area (Å²) in [6, 6.07) is 10.9. The number of ether oxygens (including phenoxy) is 1. The standard InChI is InChI=1S/C11H7BrClNO/c12-8-4-3-5-9(13)11(8)15-10-6-1-2-7-14-10/h1-7H. The molecule has 0 aliphatic carbocycles. The van der Waals surface area contributed by atoms with Gasteiger partial charge >= 0.3 is 0 Å². The number of halogens is 2. The first-order chi connectivity index (χ1) is 7.27. The molecule has 2 aromatic rings. The number of hydrogen-bond donors (Lipinski definition) is 0. The van der Waals surface area contributed by atoms with Crippen LogP contribution in [0.2, 0.25) is 5.02 Å². The van der Waals surface area contributed by atoms with Crippen LogP contribution in [0.4, 0.5) is 0 Å². The maximum absolute atomic E-state index is 6.00. The van der Waals surface area contributed by atoms with Gasteiger partial charge in [-0.05, 0) is 34.1 Å². The van der Waals surface area contributed by atoms with Crippen LogP contribution < -0.4 is 4.74 Å². The summed E-state index contributed by atoms with van der Waals surface area (Å²) in [7, 11) is 0. The second kappa shape index (κ2) is 4.64. The van der Waals surface area contributed by atoms with Crippen molar-refractivity contribution >= 4 is 27.5 Å². The molecule has 2 rings (SSSR count). The van der Waals surface area contributed by atoms with Crippen LogP contribution in [0.15, 0.2) is 47.1 Å². The van der Waals surface area contributed by atoms with Gasteiger partial charge in [0, 0.05) is 12.3 Å². The third-order valence-electron chi connectivity index (χ3n) is 1.76. The number of hydrogen-bond acceptors (Lipinski definition) is 2. The van der Waals surface area contributed by atoms with Gasteiger partial charge in [-0.3, -0.25) is 0 Å². The Labute approximate surface area is 101 Å². The Morgan fingerprint density at radius 2 is 2.00 bits per heavy atom. The van der Waals surface area contributed by atoms with E-state index in [0.29, 0.717) is 16.7 Å². The van der Waals surface area contributed by atoms with E-state index >= 15 is 0 Å². The number of pyridine rings is 1. The van der Waals surface area contributed by atoms with Gasteiger partial charge in [0.15, 0.2) is 5.75 Å². The highest BCUT2D eigenvalue weighted by molar-refractivity contribution is 9.10. The normalized spacial score (nSPS) is 10.0. The molecule has 0 N–H and O–H groups in total. The van der Waals surface area contributed by atoms with E-state index in [1.807, 2.05) is 24.3 Å². The number of benzene rings is 1. The smallest absolute Gasteiger partial charge is 0.219 e. The molecule has 0 aliphatic rings. The molecule has 76 valence electrons. The van der Waals surface area contributed by atoms with Gasteiger partial charge in [0.05, 0.1) is 9.50 Å². The highest BCUT2D eigenvalue weighted by Crippen LogP contribution is 2.35. The highest BCUT2D eigenvalue weighted by Gasteiger charge is 2.07. The molecule has 0 saturated carbocycles. The fraction of sp³-hybridized carbons (Fsp3) is 0. The average molecular weight is 285 g/mol. The summed E-state index contributed by atoms with van der Waals surface area (Å²) >= 11 is 9.36. The summed E-state index contributed by atoms with van der Waals surface area (Å²) in [5.74, 6) is 1.10. The zero-order valence-corrected chi connectivity index (χ0v) is 9.99. The van der Waals surface area contributed by atoms with E-state index < -0.39 is 0 Å². The number of para-hydroxylation sites is 1. The molecule has 1 aromatic carbocycles. The molecular weight excluding hydrogens is 277 g/mol. The SMILES string of the molecule is Clc1cccc(Br)c1Oc1ccccn1. The van der Waals surface area contributed by atoms with E-state index in [0.717, 1.165) is 4.47 Å². The summed E-state index contributed by atoms with van der Waals surface area (Å²) in [5.41, 5.74) is 0. The van der Waals surface area contributed by atoms with Gasteiger partial charge in [0.25, 0.3) is 0 Å². The minimum absolute atomic E-state index is 0.520. The maximum atomic E-state index is 6.00. The molecule has 0 radical (unpaired) electrons. The second-order valence-corrected chi connectivity index (χ2v) is 4.08. The molecule has 0 atom stereocenters. The van der Waals surface area contributed by atoms with Crippen LogP contribution in [0.5, 0.6) is 11.6 Å². The zero-order chi connectivity index (χ0) is 10.7. The van der Waals surface area contributed by atoms with Crippen LogP contribution in [-0.2, 0) is 0 Å². The van der Waals surface area contributed by atoms with E-state index in [9.17, 15) is 0 Å². The lowest BCUT2D eigenvalue weighted by Gasteiger charge is -2.07. The Balaban J connectivity index is 2.32. The monoisotopic (exact) mass is 283 g/mol. The van der Waals surface area contributed by atoms with Crippen molar-refractivity contribution < 1.29 is 4.74 Å². The van der Waals surface area contributed by atoms with E-state index in [2.05, 4.69) is 20.9 Å². The Morgan fingerprint density at radius 3 is 2.67 bits per heavy atom. The average Bonchev–Trinajstić information content (AvgIpc) is 2.25. The first-order valence-corrected chi connectivity index (χ1v) is 5.47. The van der Waals surface area contributed by atoms with Crippen LogP contribution in [0.3, 0.4) is 0 Å². The van der Waals surface area contributed by atoms with Crippen LogP contribution >= 0.6 is 27.5 Å². The topological polar surface area (TPSA) is 22.1 Å². The van der Waals surface area contributed by atoms with Gasteiger partial charge in [-0.1, -0.05) is 23.7 Å². The summed E-state index contributed by atoms with van der Waals surface area (Å²) in [6.07, 6.45) is 1.67.